The summed E-state index contributed by atoms with van der Waals surface area (Å²) in [5, 5.41) is 0. The lowest BCUT2D eigenvalue weighted by molar-refractivity contribution is 0.0968. The summed E-state index contributed by atoms with van der Waals surface area (Å²) in [5.74, 6) is 2.74. The minimum Gasteiger partial charge on any atom is -0.465 e. The van der Waals surface area contributed by atoms with E-state index in [2.05, 4.69) is 37.8 Å². The Kier molecular flexibility index (Phi) is 5.88. The van der Waals surface area contributed by atoms with E-state index in [1.807, 2.05) is 6.92 Å². The molecule has 2 rings (SSSR count). The van der Waals surface area contributed by atoms with Crippen molar-refractivity contribution in [1.29, 1.82) is 0 Å². The van der Waals surface area contributed by atoms with Crippen LogP contribution in [0.2, 0.25) is 0 Å². The molecule has 0 amide bonds. The first-order valence-corrected chi connectivity index (χ1v) is 8.56. The molecule has 0 radical (unpaired) electrons. The van der Waals surface area contributed by atoms with E-state index in [4.69, 9.17) is 10.2 Å². The van der Waals surface area contributed by atoms with E-state index in [1.54, 1.807) is 0 Å². The van der Waals surface area contributed by atoms with Crippen LogP contribution >= 0.6 is 0 Å². The highest BCUT2D eigenvalue weighted by molar-refractivity contribution is 5.12. The Morgan fingerprint density at radius 1 is 1.24 bits per heavy atom. The lowest BCUT2D eigenvalue weighted by Crippen LogP contribution is -2.45. The maximum atomic E-state index is 6.35. The second-order valence-electron chi connectivity index (χ2n) is 7.11. The zero-order valence-corrected chi connectivity index (χ0v) is 14.1. The van der Waals surface area contributed by atoms with Gasteiger partial charge in [-0.25, -0.2) is 0 Å². The van der Waals surface area contributed by atoms with Crippen LogP contribution in [0.5, 0.6) is 0 Å². The monoisotopic (exact) mass is 292 g/mol. The zero-order chi connectivity index (χ0) is 15.4. The van der Waals surface area contributed by atoms with Crippen molar-refractivity contribution < 1.29 is 4.42 Å². The molecule has 0 spiro atoms. The number of hydrogen-bond acceptors (Lipinski definition) is 3. The summed E-state index contributed by atoms with van der Waals surface area (Å²) in [4.78, 5) is 2.63. The lowest BCUT2D eigenvalue weighted by atomic mass is 10.0. The molecule has 1 fully saturated rings. The second kappa shape index (κ2) is 7.46. The fourth-order valence-electron chi connectivity index (χ4n) is 3.53. The Balaban J connectivity index is 2.21. The molecule has 1 aliphatic carbocycles. The van der Waals surface area contributed by atoms with Gasteiger partial charge in [-0.1, -0.05) is 26.7 Å². The van der Waals surface area contributed by atoms with E-state index in [9.17, 15) is 0 Å². The van der Waals surface area contributed by atoms with Crippen molar-refractivity contribution in [2.24, 2.45) is 11.7 Å². The van der Waals surface area contributed by atoms with Crippen LogP contribution in [0, 0.1) is 12.8 Å². The van der Waals surface area contributed by atoms with Crippen molar-refractivity contribution in [3.05, 3.63) is 23.7 Å². The molecule has 2 N–H and O–H groups in total. The lowest BCUT2D eigenvalue weighted by Gasteiger charge is -2.38. The van der Waals surface area contributed by atoms with Gasteiger partial charge in [0.15, 0.2) is 0 Å². The molecule has 1 aromatic rings. The van der Waals surface area contributed by atoms with E-state index in [0.717, 1.165) is 24.0 Å². The Labute approximate surface area is 129 Å². The first-order valence-electron chi connectivity index (χ1n) is 8.56. The topological polar surface area (TPSA) is 42.4 Å². The van der Waals surface area contributed by atoms with E-state index in [0.29, 0.717) is 6.04 Å². The quantitative estimate of drug-likeness (QED) is 0.816. The second-order valence-corrected chi connectivity index (χ2v) is 7.11. The molecule has 21 heavy (non-hydrogen) atoms. The first-order chi connectivity index (χ1) is 9.99. The average molecular weight is 292 g/mol. The van der Waals surface area contributed by atoms with Gasteiger partial charge in [0.1, 0.15) is 11.5 Å². The molecule has 0 aliphatic heterocycles. The van der Waals surface area contributed by atoms with Gasteiger partial charge in [-0.05, 0) is 57.7 Å². The average Bonchev–Trinajstić information content (AvgIpc) is 3.04. The molecule has 0 bridgehead atoms. The van der Waals surface area contributed by atoms with Crippen molar-refractivity contribution in [3.63, 3.8) is 0 Å². The Morgan fingerprint density at radius 3 is 2.38 bits per heavy atom. The summed E-state index contributed by atoms with van der Waals surface area (Å²) in [6, 6.07) is 5.13. The third kappa shape index (κ3) is 4.33. The Bertz CT molecular complexity index is 419. The van der Waals surface area contributed by atoms with Crippen LogP contribution in [0.3, 0.4) is 0 Å². The van der Waals surface area contributed by atoms with Crippen molar-refractivity contribution in [3.8, 4) is 0 Å². The molecule has 3 heteroatoms. The summed E-state index contributed by atoms with van der Waals surface area (Å²) in [5.41, 5.74) is 6.35. The molecule has 1 heterocycles. The van der Waals surface area contributed by atoms with Gasteiger partial charge in [-0.15, -0.1) is 0 Å². The largest absolute Gasteiger partial charge is 0.465 e. The highest BCUT2D eigenvalue weighted by Crippen LogP contribution is 2.34. The minimum atomic E-state index is 0.0864. The predicted octanol–water partition coefficient (Wildman–Crippen LogP) is 4.27. The number of hydrogen-bond donors (Lipinski definition) is 1. The van der Waals surface area contributed by atoms with Crippen molar-refractivity contribution in [2.75, 3.05) is 6.54 Å². The molecular weight excluding hydrogens is 260 g/mol. The van der Waals surface area contributed by atoms with Gasteiger partial charge in [-0.2, -0.15) is 0 Å². The van der Waals surface area contributed by atoms with Crippen LogP contribution < -0.4 is 5.73 Å². The van der Waals surface area contributed by atoms with Gasteiger partial charge in [0, 0.05) is 12.1 Å². The molecule has 120 valence electrons. The predicted molar refractivity (Wildman–Crippen MR) is 88.3 cm³/mol. The van der Waals surface area contributed by atoms with Crippen molar-refractivity contribution >= 4 is 0 Å². The highest BCUT2D eigenvalue weighted by Gasteiger charge is 2.33. The van der Waals surface area contributed by atoms with Crippen LogP contribution in [-0.4, -0.2) is 23.5 Å². The molecule has 3 nitrogen and oxygen atoms in total. The Hall–Kier alpha value is -0.800. The summed E-state index contributed by atoms with van der Waals surface area (Å²) >= 11 is 0. The van der Waals surface area contributed by atoms with Gasteiger partial charge in [0.2, 0.25) is 0 Å². The summed E-state index contributed by atoms with van der Waals surface area (Å²) < 4.78 is 5.93. The number of rotatable bonds is 7. The van der Waals surface area contributed by atoms with Crippen LogP contribution in [0.4, 0.5) is 0 Å². The number of furan rings is 1. The minimum absolute atomic E-state index is 0.0864. The summed E-state index contributed by atoms with van der Waals surface area (Å²) in [7, 11) is 0. The van der Waals surface area contributed by atoms with Crippen molar-refractivity contribution in [2.45, 2.75) is 77.9 Å². The van der Waals surface area contributed by atoms with E-state index in [-0.39, 0.29) is 12.1 Å². The molecular formula is C18H32N2O. The SMILES string of the molecule is Cc1ccc(C(C(C)N)N(CCC(C)C)C2CCCC2)o1. The number of nitrogens with zero attached hydrogens (tertiary/aromatic N) is 1. The fourth-order valence-corrected chi connectivity index (χ4v) is 3.53. The van der Waals surface area contributed by atoms with Crippen LogP contribution in [0.25, 0.3) is 0 Å². The van der Waals surface area contributed by atoms with Crippen LogP contribution in [-0.2, 0) is 0 Å². The zero-order valence-electron chi connectivity index (χ0n) is 14.1. The van der Waals surface area contributed by atoms with E-state index >= 15 is 0 Å². The normalized spacial score (nSPS) is 19.6. The van der Waals surface area contributed by atoms with Gasteiger partial charge in [0.25, 0.3) is 0 Å². The third-order valence-electron chi connectivity index (χ3n) is 4.67. The van der Waals surface area contributed by atoms with E-state index in [1.165, 1.54) is 32.1 Å². The van der Waals surface area contributed by atoms with E-state index < -0.39 is 0 Å². The Morgan fingerprint density at radius 2 is 1.90 bits per heavy atom. The van der Waals surface area contributed by atoms with Crippen molar-refractivity contribution in [1.82, 2.24) is 4.90 Å². The van der Waals surface area contributed by atoms with Gasteiger partial charge >= 0.3 is 0 Å². The highest BCUT2D eigenvalue weighted by atomic mass is 16.3. The molecule has 1 saturated carbocycles. The van der Waals surface area contributed by atoms with Gasteiger partial charge < -0.3 is 10.2 Å². The van der Waals surface area contributed by atoms with Crippen LogP contribution in [0.1, 0.15) is 70.4 Å². The maximum Gasteiger partial charge on any atom is 0.122 e. The van der Waals surface area contributed by atoms with Crippen LogP contribution in [0.15, 0.2) is 16.5 Å². The van der Waals surface area contributed by atoms with Gasteiger partial charge in [0.05, 0.1) is 6.04 Å². The number of nitrogens with two attached hydrogens (primary N) is 1. The molecule has 2 atom stereocenters. The molecule has 2 unspecified atom stereocenters. The fraction of sp³-hybridized carbons (Fsp3) is 0.778. The molecule has 0 saturated heterocycles. The summed E-state index contributed by atoms with van der Waals surface area (Å²) in [6.07, 6.45) is 6.54. The smallest absolute Gasteiger partial charge is 0.122 e. The third-order valence-corrected chi connectivity index (χ3v) is 4.67. The number of aryl methyl sites for hydroxylation is 1. The molecule has 0 aromatic carbocycles. The standard InChI is InChI=1S/C18H32N2O/c1-13(2)11-12-20(16-7-5-6-8-16)18(15(4)19)17-10-9-14(3)21-17/h9-10,13,15-16,18H,5-8,11-12,19H2,1-4H3. The molecule has 1 aromatic heterocycles. The maximum absolute atomic E-state index is 6.35. The summed E-state index contributed by atoms with van der Waals surface area (Å²) in [6.45, 7) is 9.83. The molecule has 1 aliphatic rings. The first kappa shape index (κ1) is 16.6. The van der Waals surface area contributed by atoms with Gasteiger partial charge in [-0.3, -0.25) is 4.90 Å².